The minimum Gasteiger partial charge on any atom is -0.489 e. The molecule has 2 aromatic rings. The number of hydrogen-bond donors (Lipinski definition) is 2. The summed E-state index contributed by atoms with van der Waals surface area (Å²) in [7, 11) is 0. The van der Waals surface area contributed by atoms with Gasteiger partial charge in [-0.05, 0) is 30.2 Å². The lowest BCUT2D eigenvalue weighted by atomic mass is 10.1. The molecule has 27 heavy (non-hydrogen) atoms. The number of hydrogen-bond acceptors (Lipinski definition) is 4. The Hall–Kier alpha value is -2.61. The summed E-state index contributed by atoms with van der Waals surface area (Å²) in [5.74, 6) is 0.332. The Morgan fingerprint density at radius 1 is 1.26 bits per heavy atom. The number of ether oxygens (including phenoxy) is 1. The second-order valence-corrected chi connectivity index (χ2v) is 6.10. The molecule has 146 valence electrons. The van der Waals surface area contributed by atoms with Crippen LogP contribution < -0.4 is 15.8 Å². The molecule has 1 aromatic heterocycles. The lowest BCUT2D eigenvalue weighted by Gasteiger charge is -2.12. The molecule has 0 saturated heterocycles. The van der Waals surface area contributed by atoms with Crippen molar-refractivity contribution >= 4 is 5.91 Å². The molecular weight excluding hydrogens is 359 g/mol. The topological polar surface area (TPSA) is 77.2 Å². The summed E-state index contributed by atoms with van der Waals surface area (Å²) in [6, 6.07) is 8.81. The summed E-state index contributed by atoms with van der Waals surface area (Å²) in [6.45, 7) is 2.36. The van der Waals surface area contributed by atoms with E-state index in [1.807, 2.05) is 13.0 Å². The van der Waals surface area contributed by atoms with Crippen molar-refractivity contribution in [1.82, 2.24) is 10.3 Å². The summed E-state index contributed by atoms with van der Waals surface area (Å²) in [6.07, 6.45) is -1.87. The van der Waals surface area contributed by atoms with Crippen molar-refractivity contribution in [2.24, 2.45) is 5.73 Å². The molecule has 0 bridgehead atoms. The number of nitrogens with zero attached hydrogens (tertiary/aromatic N) is 1. The zero-order valence-corrected chi connectivity index (χ0v) is 14.9. The SMILES string of the molecule is CCCC(N)C(=O)NCc1cccc(OCc2ccc(C(F)(F)F)nc2)c1. The van der Waals surface area contributed by atoms with Crippen LogP contribution in [0.25, 0.3) is 0 Å². The van der Waals surface area contributed by atoms with Crippen molar-refractivity contribution < 1.29 is 22.7 Å². The molecule has 1 atom stereocenters. The van der Waals surface area contributed by atoms with Crippen molar-refractivity contribution in [1.29, 1.82) is 0 Å². The van der Waals surface area contributed by atoms with Crippen LogP contribution in [0.15, 0.2) is 42.6 Å². The van der Waals surface area contributed by atoms with Crippen molar-refractivity contribution in [2.45, 2.75) is 45.1 Å². The number of amides is 1. The van der Waals surface area contributed by atoms with Gasteiger partial charge in [0.25, 0.3) is 0 Å². The largest absolute Gasteiger partial charge is 0.489 e. The Kier molecular flexibility index (Phi) is 7.18. The van der Waals surface area contributed by atoms with E-state index < -0.39 is 17.9 Å². The van der Waals surface area contributed by atoms with Gasteiger partial charge in [-0.15, -0.1) is 0 Å². The van der Waals surface area contributed by atoms with Crippen LogP contribution in [0.1, 0.15) is 36.6 Å². The third-order valence-electron chi connectivity index (χ3n) is 3.82. The van der Waals surface area contributed by atoms with Gasteiger partial charge in [-0.2, -0.15) is 13.2 Å². The fourth-order valence-corrected chi connectivity index (χ4v) is 2.35. The Labute approximate surface area is 155 Å². The number of carbonyl (C=O) groups excluding carboxylic acids is 1. The van der Waals surface area contributed by atoms with E-state index in [0.29, 0.717) is 24.3 Å². The fraction of sp³-hybridized carbons (Fsp3) is 0.368. The lowest BCUT2D eigenvalue weighted by molar-refractivity contribution is -0.141. The second kappa shape index (κ2) is 9.36. The molecule has 1 aromatic carbocycles. The first-order valence-electron chi connectivity index (χ1n) is 8.56. The molecule has 2 rings (SSSR count). The van der Waals surface area contributed by atoms with Crippen LogP contribution in [-0.4, -0.2) is 16.9 Å². The second-order valence-electron chi connectivity index (χ2n) is 6.10. The Balaban J connectivity index is 1.89. The van der Waals surface area contributed by atoms with Gasteiger partial charge in [-0.25, -0.2) is 0 Å². The predicted molar refractivity (Wildman–Crippen MR) is 94.7 cm³/mol. The lowest BCUT2D eigenvalue weighted by Crippen LogP contribution is -2.40. The molecule has 0 aliphatic heterocycles. The maximum absolute atomic E-state index is 12.5. The number of nitrogens with one attached hydrogen (secondary N) is 1. The molecule has 3 N–H and O–H groups in total. The van der Waals surface area contributed by atoms with E-state index in [2.05, 4.69) is 10.3 Å². The molecule has 0 aliphatic carbocycles. The highest BCUT2D eigenvalue weighted by molar-refractivity contribution is 5.81. The zero-order chi connectivity index (χ0) is 19.9. The molecule has 0 spiro atoms. The number of nitrogens with two attached hydrogens (primary N) is 1. The Morgan fingerprint density at radius 2 is 2.04 bits per heavy atom. The highest BCUT2D eigenvalue weighted by atomic mass is 19.4. The van der Waals surface area contributed by atoms with Crippen LogP contribution in [0, 0.1) is 0 Å². The first-order chi connectivity index (χ1) is 12.8. The van der Waals surface area contributed by atoms with Crippen molar-refractivity contribution in [3.63, 3.8) is 0 Å². The van der Waals surface area contributed by atoms with Gasteiger partial charge in [-0.1, -0.05) is 31.5 Å². The van der Waals surface area contributed by atoms with Crippen molar-refractivity contribution in [2.75, 3.05) is 0 Å². The summed E-state index contributed by atoms with van der Waals surface area (Å²) >= 11 is 0. The predicted octanol–water partition coefficient (Wildman–Crippen LogP) is 3.42. The van der Waals surface area contributed by atoms with Gasteiger partial charge in [0.1, 0.15) is 18.1 Å². The third-order valence-corrected chi connectivity index (χ3v) is 3.82. The standard InChI is InChI=1S/C19H22F3N3O2/c1-2-4-16(23)18(26)25-10-13-5-3-6-15(9-13)27-12-14-7-8-17(24-11-14)19(20,21)22/h3,5-9,11,16H,2,4,10,12,23H2,1H3,(H,25,26). The van der Waals surface area contributed by atoms with Crippen LogP contribution in [0.4, 0.5) is 13.2 Å². The number of pyridine rings is 1. The van der Waals surface area contributed by atoms with Gasteiger partial charge < -0.3 is 15.8 Å². The molecule has 5 nitrogen and oxygen atoms in total. The molecule has 1 unspecified atom stereocenters. The molecule has 8 heteroatoms. The maximum atomic E-state index is 12.5. The first-order valence-corrected chi connectivity index (χ1v) is 8.56. The van der Waals surface area contributed by atoms with E-state index in [1.165, 1.54) is 6.07 Å². The quantitative estimate of drug-likeness (QED) is 0.735. The van der Waals surface area contributed by atoms with Gasteiger partial charge in [0.2, 0.25) is 5.91 Å². The molecule has 1 amide bonds. The van der Waals surface area contributed by atoms with Crippen molar-refractivity contribution in [3.8, 4) is 5.75 Å². The van der Waals surface area contributed by atoms with Crippen LogP contribution in [0.3, 0.4) is 0 Å². The number of rotatable bonds is 8. The molecular formula is C19H22F3N3O2. The Bertz CT molecular complexity index is 749. The number of alkyl halides is 3. The minimum atomic E-state index is -4.46. The van der Waals surface area contributed by atoms with Gasteiger partial charge >= 0.3 is 6.18 Å². The molecule has 0 fully saturated rings. The smallest absolute Gasteiger partial charge is 0.433 e. The molecule has 0 aliphatic rings. The van der Waals surface area contributed by atoms with Crippen LogP contribution in [0.2, 0.25) is 0 Å². The highest BCUT2D eigenvalue weighted by Gasteiger charge is 2.31. The first kappa shape index (κ1) is 20.7. The molecule has 0 radical (unpaired) electrons. The van der Waals surface area contributed by atoms with Gasteiger partial charge in [0.05, 0.1) is 6.04 Å². The summed E-state index contributed by atoms with van der Waals surface area (Å²) in [5.41, 5.74) is 6.17. The van der Waals surface area contributed by atoms with Crippen molar-refractivity contribution in [3.05, 3.63) is 59.4 Å². The number of carbonyl (C=O) groups is 1. The van der Waals surface area contributed by atoms with Crippen LogP contribution >= 0.6 is 0 Å². The maximum Gasteiger partial charge on any atom is 0.433 e. The minimum absolute atomic E-state index is 0.0856. The van der Waals surface area contributed by atoms with E-state index in [1.54, 1.807) is 18.2 Å². The van der Waals surface area contributed by atoms with Crippen LogP contribution in [0.5, 0.6) is 5.75 Å². The van der Waals surface area contributed by atoms with E-state index in [9.17, 15) is 18.0 Å². The van der Waals surface area contributed by atoms with E-state index in [0.717, 1.165) is 24.2 Å². The number of halogens is 3. The summed E-state index contributed by atoms with van der Waals surface area (Å²) in [5, 5.41) is 2.77. The molecule has 0 saturated carbocycles. The number of aromatic nitrogens is 1. The van der Waals surface area contributed by atoms with E-state index in [4.69, 9.17) is 10.5 Å². The van der Waals surface area contributed by atoms with E-state index in [-0.39, 0.29) is 12.5 Å². The van der Waals surface area contributed by atoms with Crippen LogP contribution in [-0.2, 0) is 24.1 Å². The normalized spacial score (nSPS) is 12.5. The monoisotopic (exact) mass is 381 g/mol. The highest BCUT2D eigenvalue weighted by Crippen LogP contribution is 2.27. The van der Waals surface area contributed by atoms with E-state index >= 15 is 0 Å². The average molecular weight is 381 g/mol. The average Bonchev–Trinajstić information content (AvgIpc) is 2.64. The Morgan fingerprint density at radius 3 is 2.67 bits per heavy atom. The number of benzene rings is 1. The summed E-state index contributed by atoms with van der Waals surface area (Å²) in [4.78, 5) is 15.2. The zero-order valence-electron chi connectivity index (χ0n) is 14.9. The van der Waals surface area contributed by atoms with Gasteiger partial charge in [-0.3, -0.25) is 9.78 Å². The fourth-order valence-electron chi connectivity index (χ4n) is 2.35. The van der Waals surface area contributed by atoms with Gasteiger partial charge in [0.15, 0.2) is 0 Å². The summed E-state index contributed by atoms with van der Waals surface area (Å²) < 4.78 is 43.1. The van der Waals surface area contributed by atoms with Gasteiger partial charge in [0, 0.05) is 18.3 Å². The molecule has 1 heterocycles. The third kappa shape index (κ3) is 6.56.